The van der Waals surface area contributed by atoms with Crippen molar-refractivity contribution in [1.29, 1.82) is 0 Å². The molecular formula is C38H58N4O6. The Balaban J connectivity index is 1.53. The highest BCUT2D eigenvalue weighted by atomic mass is 16.3. The van der Waals surface area contributed by atoms with Gasteiger partial charge in [-0.1, -0.05) is 115 Å². The molecule has 48 heavy (non-hydrogen) atoms. The summed E-state index contributed by atoms with van der Waals surface area (Å²) < 4.78 is 0. The molecular weight excluding hydrogens is 608 g/mol. The molecule has 0 radical (unpaired) electrons. The number of nitrogens with one attached hydrogen (secondary N) is 4. The molecule has 2 aromatic rings. The Morgan fingerprint density at radius 3 is 1.21 bits per heavy atom. The molecule has 0 fully saturated rings. The summed E-state index contributed by atoms with van der Waals surface area (Å²) in [4.78, 5) is 49.9. The summed E-state index contributed by atoms with van der Waals surface area (Å²) in [5, 5.41) is 20.5. The number of hydrogen-bond donors (Lipinski definition) is 6. The number of hydrogen-bond acceptors (Lipinski definition) is 6. The van der Waals surface area contributed by atoms with E-state index in [1.807, 2.05) is 12.1 Å². The predicted octanol–water partition coefficient (Wildman–Crippen LogP) is 7.47. The molecule has 266 valence electrons. The van der Waals surface area contributed by atoms with Gasteiger partial charge < -0.3 is 10.2 Å². The van der Waals surface area contributed by atoms with E-state index in [0.717, 1.165) is 101 Å². The van der Waals surface area contributed by atoms with Crippen molar-refractivity contribution in [3.8, 4) is 11.5 Å². The van der Waals surface area contributed by atoms with Crippen LogP contribution in [0.15, 0.2) is 36.4 Å². The van der Waals surface area contributed by atoms with Gasteiger partial charge in [0.05, 0.1) is 11.1 Å². The Hall–Kier alpha value is -4.08. The van der Waals surface area contributed by atoms with Gasteiger partial charge in [0.15, 0.2) is 0 Å². The maximum Gasteiger partial charge on any atom is 0.273 e. The summed E-state index contributed by atoms with van der Waals surface area (Å²) in [7, 11) is 0. The van der Waals surface area contributed by atoms with Gasteiger partial charge in [0, 0.05) is 12.8 Å². The topological polar surface area (TPSA) is 157 Å². The second kappa shape index (κ2) is 24.1. The lowest BCUT2D eigenvalue weighted by Gasteiger charge is -2.13. The molecule has 2 rings (SSSR count). The average Bonchev–Trinajstić information content (AvgIpc) is 3.07. The highest BCUT2D eigenvalue weighted by Gasteiger charge is 2.18. The third-order valence-electron chi connectivity index (χ3n) is 8.50. The summed E-state index contributed by atoms with van der Waals surface area (Å²) in [5.41, 5.74) is 11.8. The third-order valence-corrected chi connectivity index (χ3v) is 8.50. The van der Waals surface area contributed by atoms with Crippen LogP contribution in [0.25, 0.3) is 0 Å². The number of unbranched alkanes of at least 4 members (excludes halogenated alkanes) is 13. The summed E-state index contributed by atoms with van der Waals surface area (Å²) in [5.74, 6) is -1.72. The zero-order chi connectivity index (χ0) is 35.0. The van der Waals surface area contributed by atoms with Crippen molar-refractivity contribution < 1.29 is 29.4 Å². The molecule has 0 aromatic heterocycles. The van der Waals surface area contributed by atoms with Crippen LogP contribution in [0.5, 0.6) is 11.5 Å². The molecule has 0 aliphatic carbocycles. The number of aryl methyl sites for hydroxylation is 2. The summed E-state index contributed by atoms with van der Waals surface area (Å²) >= 11 is 0. The highest BCUT2D eigenvalue weighted by Crippen LogP contribution is 2.24. The first-order valence-corrected chi connectivity index (χ1v) is 18.1. The van der Waals surface area contributed by atoms with Crippen molar-refractivity contribution in [3.05, 3.63) is 58.7 Å². The second-order valence-corrected chi connectivity index (χ2v) is 12.6. The fraction of sp³-hybridized carbons (Fsp3) is 0.579. The van der Waals surface area contributed by atoms with Crippen LogP contribution in [0.1, 0.15) is 161 Å². The van der Waals surface area contributed by atoms with E-state index in [0.29, 0.717) is 38.5 Å². The Morgan fingerprint density at radius 1 is 0.479 bits per heavy atom. The summed E-state index contributed by atoms with van der Waals surface area (Å²) in [6, 6.07) is 10.1. The van der Waals surface area contributed by atoms with Gasteiger partial charge in [-0.15, -0.1) is 0 Å². The quantitative estimate of drug-likeness (QED) is 0.0534. The van der Waals surface area contributed by atoms with E-state index in [2.05, 4.69) is 35.6 Å². The average molecular weight is 667 g/mol. The van der Waals surface area contributed by atoms with Crippen LogP contribution >= 0.6 is 0 Å². The largest absolute Gasteiger partial charge is 0.507 e. The number of carbonyl (C=O) groups is 4. The van der Waals surface area contributed by atoms with Gasteiger partial charge in [-0.25, -0.2) is 0 Å². The van der Waals surface area contributed by atoms with Gasteiger partial charge in [-0.3, -0.25) is 40.9 Å². The second-order valence-electron chi connectivity index (χ2n) is 12.6. The van der Waals surface area contributed by atoms with Crippen molar-refractivity contribution in [2.45, 2.75) is 142 Å². The summed E-state index contributed by atoms with van der Waals surface area (Å²) in [6.07, 6.45) is 17.8. The lowest BCUT2D eigenvalue weighted by Crippen LogP contribution is -2.41. The van der Waals surface area contributed by atoms with Crippen LogP contribution in [-0.4, -0.2) is 33.8 Å². The SMILES string of the molecule is CCCCCCc1cccc(O)c1C(=O)NNC(=O)CCCCCCCCCCC(=O)NNC(=O)c1c(O)cccc1CCCCCC. The first kappa shape index (κ1) is 40.1. The molecule has 0 heterocycles. The lowest BCUT2D eigenvalue weighted by molar-refractivity contribution is -0.122. The molecule has 0 spiro atoms. The first-order chi connectivity index (χ1) is 23.3. The Morgan fingerprint density at radius 2 is 0.833 bits per heavy atom. The van der Waals surface area contributed by atoms with Crippen LogP contribution < -0.4 is 21.7 Å². The van der Waals surface area contributed by atoms with E-state index >= 15 is 0 Å². The number of carbonyl (C=O) groups excluding carboxylic acids is 4. The number of aromatic hydroxyl groups is 2. The number of phenols is 2. The number of benzene rings is 2. The Labute approximate surface area is 286 Å². The van der Waals surface area contributed by atoms with Crippen molar-refractivity contribution in [2.24, 2.45) is 0 Å². The van der Waals surface area contributed by atoms with E-state index in [1.54, 1.807) is 12.1 Å². The summed E-state index contributed by atoms with van der Waals surface area (Å²) in [6.45, 7) is 4.28. The molecule has 4 amide bonds. The van der Waals surface area contributed by atoms with Crippen LogP contribution in [0.4, 0.5) is 0 Å². The van der Waals surface area contributed by atoms with Gasteiger partial charge in [-0.2, -0.15) is 0 Å². The fourth-order valence-electron chi connectivity index (χ4n) is 5.73. The first-order valence-electron chi connectivity index (χ1n) is 18.1. The van der Waals surface area contributed by atoms with Crippen LogP contribution in [0, 0.1) is 0 Å². The number of rotatable bonds is 23. The van der Waals surface area contributed by atoms with Crippen molar-refractivity contribution in [2.75, 3.05) is 0 Å². The van der Waals surface area contributed by atoms with Crippen molar-refractivity contribution >= 4 is 23.6 Å². The zero-order valence-electron chi connectivity index (χ0n) is 29.1. The van der Waals surface area contributed by atoms with Gasteiger partial charge >= 0.3 is 0 Å². The Kier molecular flexibility index (Phi) is 20.1. The fourth-order valence-corrected chi connectivity index (χ4v) is 5.73. The minimum absolute atomic E-state index is 0.0889. The van der Waals surface area contributed by atoms with E-state index in [9.17, 15) is 29.4 Å². The van der Waals surface area contributed by atoms with Crippen LogP contribution in [0.3, 0.4) is 0 Å². The maximum absolute atomic E-state index is 12.7. The minimum atomic E-state index is -0.510. The predicted molar refractivity (Wildman–Crippen MR) is 189 cm³/mol. The van der Waals surface area contributed by atoms with E-state index in [1.165, 1.54) is 12.1 Å². The molecule has 2 aromatic carbocycles. The van der Waals surface area contributed by atoms with Gasteiger partial charge in [-0.05, 0) is 61.8 Å². The lowest BCUT2D eigenvalue weighted by atomic mass is 9.99. The zero-order valence-corrected chi connectivity index (χ0v) is 29.1. The normalized spacial score (nSPS) is 10.8. The third kappa shape index (κ3) is 15.7. The molecule has 10 nitrogen and oxygen atoms in total. The number of hydrazine groups is 2. The highest BCUT2D eigenvalue weighted by molar-refractivity contribution is 5.99. The molecule has 0 unspecified atom stereocenters. The maximum atomic E-state index is 12.7. The molecule has 0 saturated carbocycles. The number of phenolic OH excluding ortho intramolecular Hbond substituents is 2. The van der Waals surface area contributed by atoms with Gasteiger partial charge in [0.1, 0.15) is 11.5 Å². The van der Waals surface area contributed by atoms with Crippen LogP contribution in [0.2, 0.25) is 0 Å². The minimum Gasteiger partial charge on any atom is -0.507 e. The monoisotopic (exact) mass is 666 g/mol. The van der Waals surface area contributed by atoms with E-state index < -0.39 is 11.8 Å². The Bertz CT molecular complexity index is 1180. The smallest absolute Gasteiger partial charge is 0.273 e. The molecule has 0 aliphatic rings. The molecule has 10 heteroatoms. The molecule has 0 aliphatic heterocycles. The van der Waals surface area contributed by atoms with Gasteiger partial charge in [0.2, 0.25) is 11.8 Å². The number of amides is 4. The van der Waals surface area contributed by atoms with Crippen molar-refractivity contribution in [3.63, 3.8) is 0 Å². The molecule has 0 bridgehead atoms. The van der Waals surface area contributed by atoms with Crippen LogP contribution in [-0.2, 0) is 22.4 Å². The van der Waals surface area contributed by atoms with E-state index in [-0.39, 0.29) is 34.4 Å². The molecule has 0 saturated heterocycles. The molecule has 0 atom stereocenters. The standard InChI is InChI=1S/C38H58N4O6/c1-3-5-7-15-21-29-23-19-25-31(43)35(29)37(47)41-39-33(45)27-17-13-11-9-10-12-14-18-28-34(46)40-42-38(48)36-30(22-16-8-6-4-2)24-20-26-32(36)44/h19-20,23-26,43-44H,3-18,21-22,27-28H2,1-2H3,(H,39,45)(H,40,46)(H,41,47)(H,42,48). The molecule has 6 N–H and O–H groups in total. The van der Waals surface area contributed by atoms with Gasteiger partial charge in [0.25, 0.3) is 11.8 Å². The van der Waals surface area contributed by atoms with E-state index in [4.69, 9.17) is 0 Å². The van der Waals surface area contributed by atoms with Crippen molar-refractivity contribution in [1.82, 2.24) is 21.7 Å².